The van der Waals surface area contributed by atoms with Gasteiger partial charge < -0.3 is 15.8 Å². The normalized spacial score (nSPS) is 24.1. The minimum absolute atomic E-state index is 0.0892. The van der Waals surface area contributed by atoms with E-state index in [4.69, 9.17) is 10.9 Å². The predicted octanol–water partition coefficient (Wildman–Crippen LogP) is 0.937. The highest BCUT2D eigenvalue weighted by atomic mass is 19.4. The van der Waals surface area contributed by atoms with Gasteiger partial charge in [0.05, 0.1) is 0 Å². The molecule has 3 N–H and O–H groups in total. The van der Waals surface area contributed by atoms with Crippen LogP contribution in [0.1, 0.15) is 12.8 Å². The Bertz CT molecular complexity index is 320. The van der Waals surface area contributed by atoms with Crippen LogP contribution in [0.4, 0.5) is 13.2 Å². The smallest absolute Gasteiger partial charge is 0.400 e. The van der Waals surface area contributed by atoms with Crippen LogP contribution in [-0.4, -0.2) is 66.8 Å². The Labute approximate surface area is 110 Å². The van der Waals surface area contributed by atoms with Gasteiger partial charge in [-0.05, 0) is 33.5 Å². The maximum Gasteiger partial charge on any atom is 0.400 e. The largest absolute Gasteiger partial charge is 0.409 e. The van der Waals surface area contributed by atoms with Gasteiger partial charge in [-0.2, -0.15) is 13.2 Å². The molecular formula is C11H21F3N4O. The molecule has 0 bridgehead atoms. The predicted molar refractivity (Wildman–Crippen MR) is 66.1 cm³/mol. The van der Waals surface area contributed by atoms with Crippen molar-refractivity contribution in [3.63, 3.8) is 0 Å². The molecule has 2 unspecified atom stereocenters. The molecule has 0 aliphatic carbocycles. The van der Waals surface area contributed by atoms with Gasteiger partial charge in [-0.1, -0.05) is 5.16 Å². The number of alkyl halides is 3. The quantitative estimate of drug-likeness (QED) is 0.341. The molecule has 19 heavy (non-hydrogen) atoms. The van der Waals surface area contributed by atoms with Crippen LogP contribution in [0.5, 0.6) is 0 Å². The van der Waals surface area contributed by atoms with Crippen LogP contribution in [0.25, 0.3) is 0 Å². The lowest BCUT2D eigenvalue weighted by Crippen LogP contribution is -2.47. The summed E-state index contributed by atoms with van der Waals surface area (Å²) in [5.41, 5.74) is 5.17. The number of likely N-dealkylation sites (N-methyl/N-ethyl adjacent to an activating group) is 1. The van der Waals surface area contributed by atoms with E-state index in [1.807, 2.05) is 19.0 Å². The fourth-order valence-electron chi connectivity index (χ4n) is 2.43. The molecule has 0 aromatic rings. The Kier molecular flexibility index (Phi) is 5.42. The van der Waals surface area contributed by atoms with E-state index in [1.54, 1.807) is 4.90 Å². The summed E-state index contributed by atoms with van der Waals surface area (Å²) in [5.74, 6) is -2.69. The number of nitrogens with zero attached hydrogens (tertiary/aromatic N) is 3. The van der Waals surface area contributed by atoms with Gasteiger partial charge in [-0.25, -0.2) is 0 Å². The van der Waals surface area contributed by atoms with Gasteiger partial charge in [0, 0.05) is 19.1 Å². The number of halogens is 3. The molecule has 0 aromatic carbocycles. The molecule has 2 atom stereocenters. The Hall–Kier alpha value is -1.02. The fraction of sp³-hybridized carbons (Fsp3) is 0.909. The van der Waals surface area contributed by atoms with Gasteiger partial charge in [0.1, 0.15) is 5.92 Å². The number of nitrogens with two attached hydrogens (primary N) is 1. The highest BCUT2D eigenvalue weighted by Gasteiger charge is 2.45. The Morgan fingerprint density at radius 3 is 2.63 bits per heavy atom. The summed E-state index contributed by atoms with van der Waals surface area (Å²) in [5, 5.41) is 11.0. The molecule has 0 spiro atoms. The fourth-order valence-corrected chi connectivity index (χ4v) is 2.43. The first kappa shape index (κ1) is 16.0. The van der Waals surface area contributed by atoms with Crippen molar-refractivity contribution in [1.29, 1.82) is 0 Å². The monoisotopic (exact) mass is 282 g/mol. The topological polar surface area (TPSA) is 65.1 Å². The first-order valence-corrected chi connectivity index (χ1v) is 6.18. The second kappa shape index (κ2) is 6.42. The highest BCUT2D eigenvalue weighted by molar-refractivity contribution is 5.83. The lowest BCUT2D eigenvalue weighted by Gasteiger charge is -2.30. The van der Waals surface area contributed by atoms with Crippen LogP contribution in [0.15, 0.2) is 5.16 Å². The van der Waals surface area contributed by atoms with Crippen molar-refractivity contribution < 1.29 is 18.4 Å². The van der Waals surface area contributed by atoms with Gasteiger partial charge in [-0.3, -0.25) is 4.90 Å². The molecule has 1 fully saturated rings. The average molecular weight is 282 g/mol. The van der Waals surface area contributed by atoms with E-state index < -0.39 is 17.9 Å². The summed E-state index contributed by atoms with van der Waals surface area (Å²) in [4.78, 5) is 3.73. The molecule has 0 aromatic heterocycles. The van der Waals surface area contributed by atoms with Crippen LogP contribution < -0.4 is 5.73 Å². The Morgan fingerprint density at radius 2 is 2.16 bits per heavy atom. The number of hydrogen-bond donors (Lipinski definition) is 2. The Morgan fingerprint density at radius 1 is 1.53 bits per heavy atom. The molecule has 8 heteroatoms. The Balaban J connectivity index is 2.73. The van der Waals surface area contributed by atoms with Gasteiger partial charge in [0.25, 0.3) is 0 Å². The first-order chi connectivity index (χ1) is 8.75. The zero-order valence-corrected chi connectivity index (χ0v) is 11.2. The molecular weight excluding hydrogens is 261 g/mol. The molecule has 0 amide bonds. The highest BCUT2D eigenvalue weighted by Crippen LogP contribution is 2.29. The van der Waals surface area contributed by atoms with E-state index in [1.165, 1.54) is 0 Å². The number of hydrogen-bond acceptors (Lipinski definition) is 4. The van der Waals surface area contributed by atoms with Crippen LogP contribution in [0.2, 0.25) is 0 Å². The molecule has 112 valence electrons. The number of likely N-dealkylation sites (tertiary alicyclic amines) is 1. The van der Waals surface area contributed by atoms with Crippen molar-refractivity contribution in [2.24, 2.45) is 16.8 Å². The lowest BCUT2D eigenvalue weighted by molar-refractivity contribution is -0.160. The molecule has 1 aliphatic rings. The van der Waals surface area contributed by atoms with Crippen molar-refractivity contribution >= 4 is 5.84 Å². The van der Waals surface area contributed by atoms with E-state index >= 15 is 0 Å². The van der Waals surface area contributed by atoms with Crippen molar-refractivity contribution in [2.45, 2.75) is 25.1 Å². The van der Waals surface area contributed by atoms with Crippen molar-refractivity contribution in [2.75, 3.05) is 33.7 Å². The SMILES string of the molecule is CN(C)CC1CCCN1CC(C(N)=NO)C(F)(F)F. The molecule has 5 nitrogen and oxygen atoms in total. The van der Waals surface area contributed by atoms with E-state index in [9.17, 15) is 13.2 Å². The zero-order chi connectivity index (χ0) is 14.6. The van der Waals surface area contributed by atoms with E-state index in [0.29, 0.717) is 13.1 Å². The maximum absolute atomic E-state index is 12.9. The van der Waals surface area contributed by atoms with Gasteiger partial charge in [0.15, 0.2) is 5.84 Å². The minimum Gasteiger partial charge on any atom is -0.409 e. The molecule has 1 heterocycles. The second-order valence-corrected chi connectivity index (χ2v) is 5.17. The van der Waals surface area contributed by atoms with Gasteiger partial charge in [-0.15, -0.1) is 0 Å². The van der Waals surface area contributed by atoms with Crippen LogP contribution in [0, 0.1) is 5.92 Å². The van der Waals surface area contributed by atoms with Crippen LogP contribution >= 0.6 is 0 Å². The minimum atomic E-state index is -4.50. The molecule has 1 rings (SSSR count). The summed E-state index contributed by atoms with van der Waals surface area (Å²) in [6.07, 6.45) is -2.75. The third-order valence-corrected chi connectivity index (χ3v) is 3.36. The van der Waals surface area contributed by atoms with Crippen molar-refractivity contribution in [1.82, 2.24) is 9.80 Å². The summed E-state index contributed by atoms with van der Waals surface area (Å²) in [6, 6.07) is 0.0892. The van der Waals surface area contributed by atoms with Crippen molar-refractivity contribution in [3.05, 3.63) is 0 Å². The molecule has 1 saturated heterocycles. The first-order valence-electron chi connectivity index (χ1n) is 6.18. The van der Waals surface area contributed by atoms with E-state index in [2.05, 4.69) is 5.16 Å². The van der Waals surface area contributed by atoms with Crippen molar-refractivity contribution in [3.8, 4) is 0 Å². The molecule has 0 radical (unpaired) electrons. The third kappa shape index (κ3) is 4.54. The number of oxime groups is 1. The summed E-state index contributed by atoms with van der Waals surface area (Å²) >= 11 is 0. The average Bonchev–Trinajstić information content (AvgIpc) is 2.70. The van der Waals surface area contributed by atoms with Gasteiger partial charge >= 0.3 is 6.18 Å². The van der Waals surface area contributed by atoms with E-state index in [-0.39, 0.29) is 12.6 Å². The molecule has 1 aliphatic heterocycles. The van der Waals surface area contributed by atoms with E-state index in [0.717, 1.165) is 12.8 Å². The maximum atomic E-state index is 12.9. The summed E-state index contributed by atoms with van der Waals surface area (Å²) in [7, 11) is 3.78. The van der Waals surface area contributed by atoms with Gasteiger partial charge in [0.2, 0.25) is 0 Å². The lowest BCUT2D eigenvalue weighted by atomic mass is 10.1. The second-order valence-electron chi connectivity index (χ2n) is 5.17. The summed E-state index contributed by atoms with van der Waals surface area (Å²) < 4.78 is 38.7. The zero-order valence-electron chi connectivity index (χ0n) is 11.2. The number of amidine groups is 1. The van der Waals surface area contributed by atoms with Crippen LogP contribution in [0.3, 0.4) is 0 Å². The summed E-state index contributed by atoms with van der Waals surface area (Å²) in [6.45, 7) is 1.07. The van der Waals surface area contributed by atoms with Crippen LogP contribution in [-0.2, 0) is 0 Å². The number of rotatable bonds is 5. The molecule has 0 saturated carbocycles. The third-order valence-electron chi connectivity index (χ3n) is 3.36. The standard InChI is InChI=1S/C11H21F3N4O/c1-17(2)6-8-4-3-5-18(8)7-9(10(15)16-19)11(12,13)14/h8-9,19H,3-7H2,1-2H3,(H2,15,16).